The van der Waals surface area contributed by atoms with Crippen molar-refractivity contribution in [2.75, 3.05) is 57.2 Å². The maximum absolute atomic E-state index is 5.47. The van der Waals surface area contributed by atoms with Crippen LogP contribution in [0.5, 0.6) is 0 Å². The number of aromatic amines is 1. The Kier molecular flexibility index (Phi) is 5.45. The molecule has 0 bridgehead atoms. The van der Waals surface area contributed by atoms with Crippen molar-refractivity contribution in [2.24, 2.45) is 0 Å². The van der Waals surface area contributed by atoms with E-state index >= 15 is 0 Å². The van der Waals surface area contributed by atoms with Crippen LogP contribution >= 0.6 is 0 Å². The van der Waals surface area contributed by atoms with Crippen molar-refractivity contribution in [2.45, 2.75) is 13.0 Å². The van der Waals surface area contributed by atoms with Gasteiger partial charge in [-0.3, -0.25) is 0 Å². The number of nitrogens with one attached hydrogen (secondary N) is 2. The van der Waals surface area contributed by atoms with Gasteiger partial charge in [0.25, 0.3) is 0 Å². The predicted molar refractivity (Wildman–Crippen MR) is 113 cm³/mol. The first kappa shape index (κ1) is 18.7. The van der Waals surface area contributed by atoms with E-state index in [1.165, 1.54) is 5.56 Å². The van der Waals surface area contributed by atoms with Gasteiger partial charge in [-0.25, -0.2) is 0 Å². The largest absolute Gasteiger partial charge is 0.378 e. The van der Waals surface area contributed by atoms with E-state index in [9.17, 15) is 0 Å². The highest BCUT2D eigenvalue weighted by Gasteiger charge is 2.19. The lowest BCUT2D eigenvalue weighted by molar-refractivity contribution is 0.122. The third kappa shape index (κ3) is 3.95. The molecule has 7 heteroatoms. The zero-order chi connectivity index (χ0) is 19.5. The molecule has 148 valence electrons. The summed E-state index contributed by atoms with van der Waals surface area (Å²) in [6.07, 6.45) is 0. The van der Waals surface area contributed by atoms with Gasteiger partial charge in [0.15, 0.2) is 0 Å². The van der Waals surface area contributed by atoms with Crippen LogP contribution in [0, 0.1) is 6.92 Å². The second-order valence-electron chi connectivity index (χ2n) is 7.46. The molecule has 7 nitrogen and oxygen atoms in total. The van der Waals surface area contributed by atoms with Gasteiger partial charge in [0.05, 0.1) is 24.6 Å². The van der Waals surface area contributed by atoms with Gasteiger partial charge in [-0.05, 0) is 32.6 Å². The summed E-state index contributed by atoms with van der Waals surface area (Å²) in [7, 11) is 4.21. The van der Waals surface area contributed by atoms with Crippen LogP contribution in [0.2, 0.25) is 0 Å². The van der Waals surface area contributed by atoms with Crippen LogP contribution in [0.25, 0.3) is 11.0 Å². The summed E-state index contributed by atoms with van der Waals surface area (Å²) in [4.78, 5) is 17.4. The third-order valence-electron chi connectivity index (χ3n) is 5.17. The van der Waals surface area contributed by atoms with E-state index in [4.69, 9.17) is 14.7 Å². The van der Waals surface area contributed by atoms with E-state index in [0.29, 0.717) is 13.2 Å². The van der Waals surface area contributed by atoms with Gasteiger partial charge in [-0.1, -0.05) is 30.3 Å². The number of aryl methyl sites for hydroxylation is 1. The molecule has 4 rings (SSSR count). The first-order valence-electron chi connectivity index (χ1n) is 9.77. The average molecular weight is 380 g/mol. The summed E-state index contributed by atoms with van der Waals surface area (Å²) in [6.45, 7) is 5.86. The summed E-state index contributed by atoms with van der Waals surface area (Å²) in [6, 6.07) is 12.9. The number of anilines is 2. The summed E-state index contributed by atoms with van der Waals surface area (Å²) >= 11 is 0. The molecule has 0 saturated carbocycles. The van der Waals surface area contributed by atoms with Gasteiger partial charge in [0.1, 0.15) is 11.5 Å². The Labute approximate surface area is 165 Å². The van der Waals surface area contributed by atoms with Gasteiger partial charge >= 0.3 is 0 Å². The van der Waals surface area contributed by atoms with Gasteiger partial charge in [-0.2, -0.15) is 9.97 Å². The molecule has 1 atom stereocenters. The van der Waals surface area contributed by atoms with E-state index in [0.717, 1.165) is 48.1 Å². The maximum atomic E-state index is 5.47. The van der Waals surface area contributed by atoms with E-state index < -0.39 is 0 Å². The Hall–Kier alpha value is -2.64. The minimum Gasteiger partial charge on any atom is -0.378 e. The molecule has 1 aromatic carbocycles. The first-order chi connectivity index (χ1) is 13.6. The second-order valence-corrected chi connectivity index (χ2v) is 7.46. The molecular weight excluding hydrogens is 352 g/mol. The Morgan fingerprint density at radius 2 is 1.93 bits per heavy atom. The highest BCUT2D eigenvalue weighted by atomic mass is 16.5. The fourth-order valence-electron chi connectivity index (χ4n) is 3.64. The molecule has 0 spiro atoms. The first-order valence-corrected chi connectivity index (χ1v) is 9.77. The number of nitrogens with zero attached hydrogens (tertiary/aromatic N) is 4. The van der Waals surface area contributed by atoms with Crippen LogP contribution in [0.4, 0.5) is 11.8 Å². The van der Waals surface area contributed by atoms with Crippen molar-refractivity contribution in [1.82, 2.24) is 19.9 Å². The quantitative estimate of drug-likeness (QED) is 0.685. The van der Waals surface area contributed by atoms with Crippen LogP contribution in [0.15, 0.2) is 36.4 Å². The number of hydrogen-bond donors (Lipinski definition) is 2. The SMILES string of the molecule is Cc1cc2c(NCC(c3ccccc3)N(C)C)nc(N3CCOCC3)nc2[nH]1. The number of ether oxygens (including phenoxy) is 1. The lowest BCUT2D eigenvalue weighted by Gasteiger charge is -2.28. The molecule has 3 aromatic rings. The van der Waals surface area contributed by atoms with Crippen LogP contribution in [0.3, 0.4) is 0 Å². The summed E-state index contributed by atoms with van der Waals surface area (Å²) in [5.74, 6) is 1.62. The molecule has 3 heterocycles. The molecule has 1 fully saturated rings. The molecule has 0 radical (unpaired) electrons. The maximum Gasteiger partial charge on any atom is 0.229 e. The second kappa shape index (κ2) is 8.16. The molecule has 1 saturated heterocycles. The number of aromatic nitrogens is 3. The standard InChI is InChI=1S/C21H28N6O/c1-15-13-17-19(22-14-18(26(2)3)16-7-5-4-6-8-16)24-21(25-20(17)23-15)27-9-11-28-12-10-27/h4-8,13,18H,9-12,14H2,1-3H3,(H2,22,23,24,25). The van der Waals surface area contributed by atoms with Crippen LogP contribution < -0.4 is 10.2 Å². The summed E-state index contributed by atoms with van der Waals surface area (Å²) in [5, 5.41) is 4.62. The minimum atomic E-state index is 0.248. The van der Waals surface area contributed by atoms with Crippen molar-refractivity contribution in [3.05, 3.63) is 47.7 Å². The van der Waals surface area contributed by atoms with Crippen molar-refractivity contribution in [3.63, 3.8) is 0 Å². The molecule has 0 aliphatic carbocycles. The summed E-state index contributed by atoms with van der Waals surface area (Å²) < 4.78 is 5.47. The number of likely N-dealkylation sites (N-methyl/N-ethyl adjacent to an activating group) is 1. The minimum absolute atomic E-state index is 0.248. The number of hydrogen-bond acceptors (Lipinski definition) is 6. The van der Waals surface area contributed by atoms with Crippen molar-refractivity contribution in [3.8, 4) is 0 Å². The number of rotatable bonds is 6. The van der Waals surface area contributed by atoms with E-state index in [2.05, 4.69) is 70.6 Å². The number of H-pyrrole nitrogens is 1. The van der Waals surface area contributed by atoms with Gasteiger partial charge in [0, 0.05) is 25.3 Å². The topological polar surface area (TPSA) is 69.3 Å². The molecule has 1 aliphatic heterocycles. The Morgan fingerprint density at radius 3 is 2.64 bits per heavy atom. The third-order valence-corrected chi connectivity index (χ3v) is 5.17. The predicted octanol–water partition coefficient (Wildman–Crippen LogP) is 2.82. The van der Waals surface area contributed by atoms with E-state index in [-0.39, 0.29) is 6.04 Å². The van der Waals surface area contributed by atoms with Crippen molar-refractivity contribution >= 4 is 22.8 Å². The number of benzene rings is 1. The molecule has 1 unspecified atom stereocenters. The number of morpholine rings is 1. The van der Waals surface area contributed by atoms with Crippen LogP contribution in [-0.2, 0) is 4.74 Å². The monoisotopic (exact) mass is 380 g/mol. The van der Waals surface area contributed by atoms with Crippen LogP contribution in [-0.4, -0.2) is 66.8 Å². The molecule has 1 aliphatic rings. The van der Waals surface area contributed by atoms with E-state index in [1.807, 2.05) is 6.92 Å². The zero-order valence-corrected chi connectivity index (χ0v) is 16.8. The molecular formula is C21H28N6O. The molecule has 28 heavy (non-hydrogen) atoms. The lowest BCUT2D eigenvalue weighted by atomic mass is 10.1. The fraction of sp³-hybridized carbons (Fsp3) is 0.429. The molecule has 2 aromatic heterocycles. The zero-order valence-electron chi connectivity index (χ0n) is 16.8. The lowest BCUT2D eigenvalue weighted by Crippen LogP contribution is -2.37. The van der Waals surface area contributed by atoms with Crippen molar-refractivity contribution in [1.29, 1.82) is 0 Å². The summed E-state index contributed by atoms with van der Waals surface area (Å²) in [5.41, 5.74) is 3.24. The van der Waals surface area contributed by atoms with Gasteiger partial charge < -0.3 is 24.8 Å². The van der Waals surface area contributed by atoms with Gasteiger partial charge in [-0.15, -0.1) is 0 Å². The van der Waals surface area contributed by atoms with Gasteiger partial charge in [0.2, 0.25) is 5.95 Å². The van der Waals surface area contributed by atoms with Crippen molar-refractivity contribution < 1.29 is 4.74 Å². The highest BCUT2D eigenvalue weighted by molar-refractivity contribution is 5.89. The average Bonchev–Trinajstić information content (AvgIpc) is 3.09. The Balaban J connectivity index is 1.63. The normalized spacial score (nSPS) is 15.9. The number of fused-ring (bicyclic) bond motifs is 1. The Bertz CT molecular complexity index is 917. The fourth-order valence-corrected chi connectivity index (χ4v) is 3.64. The van der Waals surface area contributed by atoms with E-state index in [1.54, 1.807) is 0 Å². The molecule has 2 N–H and O–H groups in total. The molecule has 0 amide bonds. The Morgan fingerprint density at radius 1 is 1.18 bits per heavy atom. The van der Waals surface area contributed by atoms with Crippen LogP contribution in [0.1, 0.15) is 17.3 Å². The highest BCUT2D eigenvalue weighted by Crippen LogP contribution is 2.26. The smallest absolute Gasteiger partial charge is 0.229 e.